The number of methoxy groups -OCH3 is 1. The Morgan fingerprint density at radius 1 is 1.21 bits per heavy atom. The summed E-state index contributed by atoms with van der Waals surface area (Å²) in [6.45, 7) is -0.216. The molecule has 0 saturated heterocycles. The molecule has 0 atom stereocenters. The maximum absolute atomic E-state index is 12.2. The number of benzene rings is 2. The van der Waals surface area contributed by atoms with Crippen LogP contribution in [0.1, 0.15) is 18.4 Å². The van der Waals surface area contributed by atoms with Crippen molar-refractivity contribution in [3.8, 4) is 22.9 Å². The van der Waals surface area contributed by atoms with Crippen LogP contribution >= 0.6 is 23.2 Å². The molecule has 170 valence electrons. The molecule has 10 nitrogen and oxygen atoms in total. The summed E-state index contributed by atoms with van der Waals surface area (Å²) in [5.41, 5.74) is 3.45. The minimum atomic E-state index is -0.470. The third-order valence-corrected chi connectivity index (χ3v) is 5.27. The molecule has 1 aliphatic rings. The average Bonchev–Trinajstić information content (AvgIpc) is 3.55. The largest absolute Gasteiger partial charge is 0.493 e. The standard InChI is InChI=1S/C21H18Cl2N6O4/c1-32-17-9-12(5-8-16(17)33-21(31)13-6-7-13)10-24-25-18(30)11-29-27-20(26-28-29)19-14(22)3-2-4-15(19)23/h2-5,8-10,13H,6-7,11H2,1H3,(H,25,30). The highest BCUT2D eigenvalue weighted by Gasteiger charge is 2.32. The van der Waals surface area contributed by atoms with Crippen LogP contribution in [-0.2, 0) is 16.1 Å². The van der Waals surface area contributed by atoms with Gasteiger partial charge in [0.05, 0.1) is 34.9 Å². The summed E-state index contributed by atoms with van der Waals surface area (Å²) in [5.74, 6) is 0.171. The van der Waals surface area contributed by atoms with E-state index in [1.165, 1.54) is 13.3 Å². The first-order valence-corrected chi connectivity index (χ1v) is 10.6. The second-order valence-corrected chi connectivity index (χ2v) is 7.95. The maximum Gasteiger partial charge on any atom is 0.314 e. The number of halogens is 2. The normalized spacial score (nSPS) is 13.2. The topological polar surface area (TPSA) is 121 Å². The molecular formula is C21H18Cl2N6O4. The van der Waals surface area contributed by atoms with Crippen LogP contribution in [0, 0.1) is 5.92 Å². The van der Waals surface area contributed by atoms with Crippen LogP contribution in [0.3, 0.4) is 0 Å². The molecule has 1 amide bonds. The monoisotopic (exact) mass is 488 g/mol. The fraction of sp³-hybridized carbons (Fsp3) is 0.238. The van der Waals surface area contributed by atoms with Crippen LogP contribution in [0.5, 0.6) is 11.5 Å². The number of nitrogens with one attached hydrogen (secondary N) is 1. The molecule has 1 aromatic heterocycles. The van der Waals surface area contributed by atoms with E-state index in [1.54, 1.807) is 36.4 Å². The maximum atomic E-state index is 12.2. The number of esters is 1. The molecule has 1 N–H and O–H groups in total. The molecule has 12 heteroatoms. The number of ether oxygens (including phenoxy) is 2. The summed E-state index contributed by atoms with van der Waals surface area (Å²) in [4.78, 5) is 25.1. The highest BCUT2D eigenvalue weighted by Crippen LogP contribution is 2.34. The van der Waals surface area contributed by atoms with E-state index in [1.807, 2.05) is 0 Å². The van der Waals surface area contributed by atoms with Gasteiger partial charge in [-0.3, -0.25) is 9.59 Å². The van der Waals surface area contributed by atoms with Crippen molar-refractivity contribution in [2.75, 3.05) is 7.11 Å². The van der Waals surface area contributed by atoms with Crippen molar-refractivity contribution in [1.29, 1.82) is 0 Å². The Bertz CT molecular complexity index is 1200. The smallest absolute Gasteiger partial charge is 0.314 e. The lowest BCUT2D eigenvalue weighted by Crippen LogP contribution is -2.24. The van der Waals surface area contributed by atoms with Crippen molar-refractivity contribution in [2.24, 2.45) is 11.0 Å². The van der Waals surface area contributed by atoms with Gasteiger partial charge in [-0.15, -0.1) is 10.2 Å². The van der Waals surface area contributed by atoms with E-state index in [-0.39, 0.29) is 24.3 Å². The lowest BCUT2D eigenvalue weighted by molar-refractivity contribution is -0.135. The van der Waals surface area contributed by atoms with Crippen LogP contribution < -0.4 is 14.9 Å². The molecule has 0 radical (unpaired) electrons. The molecule has 1 saturated carbocycles. The molecule has 1 fully saturated rings. The number of amides is 1. The van der Waals surface area contributed by atoms with Gasteiger partial charge in [-0.2, -0.15) is 9.90 Å². The average molecular weight is 489 g/mol. The third-order valence-electron chi connectivity index (χ3n) is 4.64. The fourth-order valence-electron chi connectivity index (χ4n) is 2.82. The first-order chi connectivity index (χ1) is 15.9. The summed E-state index contributed by atoms with van der Waals surface area (Å²) in [5, 5.41) is 16.5. The molecule has 3 aromatic rings. The number of rotatable bonds is 8. The van der Waals surface area contributed by atoms with Crippen LogP contribution in [0.2, 0.25) is 10.0 Å². The predicted octanol–water partition coefficient (Wildman–Crippen LogP) is 3.12. The van der Waals surface area contributed by atoms with Gasteiger partial charge in [0.15, 0.2) is 11.5 Å². The molecule has 1 aliphatic carbocycles. The van der Waals surface area contributed by atoms with Gasteiger partial charge >= 0.3 is 5.97 Å². The van der Waals surface area contributed by atoms with E-state index in [9.17, 15) is 9.59 Å². The van der Waals surface area contributed by atoms with Crippen LogP contribution in [0.25, 0.3) is 11.4 Å². The van der Waals surface area contributed by atoms with Crippen molar-refractivity contribution < 1.29 is 19.1 Å². The van der Waals surface area contributed by atoms with E-state index >= 15 is 0 Å². The minimum Gasteiger partial charge on any atom is -0.493 e. The number of nitrogens with zero attached hydrogens (tertiary/aromatic N) is 5. The first-order valence-electron chi connectivity index (χ1n) is 9.88. The van der Waals surface area contributed by atoms with Gasteiger partial charge in [0.1, 0.15) is 6.54 Å². The zero-order valence-corrected chi connectivity index (χ0v) is 18.9. The van der Waals surface area contributed by atoms with Crippen molar-refractivity contribution in [3.63, 3.8) is 0 Å². The second kappa shape index (κ2) is 9.97. The number of hydrogen-bond donors (Lipinski definition) is 1. The van der Waals surface area contributed by atoms with Crippen molar-refractivity contribution >= 4 is 41.3 Å². The van der Waals surface area contributed by atoms with Gasteiger partial charge in [0, 0.05) is 0 Å². The van der Waals surface area contributed by atoms with E-state index in [4.69, 9.17) is 32.7 Å². The van der Waals surface area contributed by atoms with Gasteiger partial charge in [-0.25, -0.2) is 5.43 Å². The molecule has 4 rings (SSSR count). The highest BCUT2D eigenvalue weighted by molar-refractivity contribution is 6.38. The zero-order chi connectivity index (χ0) is 23.4. The highest BCUT2D eigenvalue weighted by atomic mass is 35.5. The predicted molar refractivity (Wildman–Crippen MR) is 120 cm³/mol. The van der Waals surface area contributed by atoms with Gasteiger partial charge in [-0.1, -0.05) is 29.3 Å². The molecule has 0 aliphatic heterocycles. The number of tetrazole rings is 1. The molecule has 0 spiro atoms. The second-order valence-electron chi connectivity index (χ2n) is 7.14. The molecular weight excluding hydrogens is 471 g/mol. The number of aromatic nitrogens is 4. The van der Waals surface area contributed by atoms with Gasteiger partial charge < -0.3 is 9.47 Å². The van der Waals surface area contributed by atoms with E-state index in [2.05, 4.69) is 25.9 Å². The molecule has 33 heavy (non-hydrogen) atoms. The first kappa shape index (κ1) is 22.7. The summed E-state index contributed by atoms with van der Waals surface area (Å²) in [6.07, 6.45) is 3.13. The molecule has 2 aromatic carbocycles. The Morgan fingerprint density at radius 2 is 1.97 bits per heavy atom. The van der Waals surface area contributed by atoms with E-state index in [0.29, 0.717) is 32.7 Å². The zero-order valence-electron chi connectivity index (χ0n) is 17.4. The summed E-state index contributed by atoms with van der Waals surface area (Å²) in [7, 11) is 1.47. The van der Waals surface area contributed by atoms with Crippen LogP contribution in [0.4, 0.5) is 0 Å². The van der Waals surface area contributed by atoms with Gasteiger partial charge in [-0.05, 0) is 54.0 Å². The summed E-state index contributed by atoms with van der Waals surface area (Å²) < 4.78 is 10.6. The Labute approximate surface area is 198 Å². The Balaban J connectivity index is 1.35. The number of hydrazone groups is 1. The quantitative estimate of drug-likeness (QED) is 0.223. The van der Waals surface area contributed by atoms with E-state index in [0.717, 1.165) is 17.6 Å². The van der Waals surface area contributed by atoms with Crippen LogP contribution in [0.15, 0.2) is 41.5 Å². The van der Waals surface area contributed by atoms with Crippen molar-refractivity contribution in [2.45, 2.75) is 19.4 Å². The summed E-state index contributed by atoms with van der Waals surface area (Å²) in [6, 6.07) is 9.96. The summed E-state index contributed by atoms with van der Waals surface area (Å²) >= 11 is 12.3. The third kappa shape index (κ3) is 5.65. The Kier molecular flexibility index (Phi) is 6.85. The van der Waals surface area contributed by atoms with Gasteiger partial charge in [0.2, 0.25) is 5.82 Å². The Morgan fingerprint density at radius 3 is 2.67 bits per heavy atom. The lowest BCUT2D eigenvalue weighted by atomic mass is 10.2. The number of carbonyl (C=O) groups is 2. The lowest BCUT2D eigenvalue weighted by Gasteiger charge is -2.09. The van der Waals surface area contributed by atoms with Crippen molar-refractivity contribution in [1.82, 2.24) is 25.6 Å². The number of hydrogen-bond acceptors (Lipinski definition) is 8. The number of carbonyl (C=O) groups excluding carboxylic acids is 2. The molecule has 0 unspecified atom stereocenters. The SMILES string of the molecule is COc1cc(C=NNC(=O)Cn2nnc(-c3c(Cl)cccc3Cl)n2)ccc1OC(=O)C1CC1. The van der Waals surface area contributed by atoms with Crippen LogP contribution in [-0.4, -0.2) is 45.4 Å². The molecule has 0 bridgehead atoms. The van der Waals surface area contributed by atoms with E-state index < -0.39 is 5.91 Å². The minimum absolute atomic E-state index is 0.0246. The fourth-order valence-corrected chi connectivity index (χ4v) is 3.39. The van der Waals surface area contributed by atoms with Crippen molar-refractivity contribution in [3.05, 3.63) is 52.0 Å². The molecule has 1 heterocycles. The Hall–Kier alpha value is -3.50. The van der Waals surface area contributed by atoms with Gasteiger partial charge in [0.25, 0.3) is 5.91 Å².